The fraction of sp³-hybridized carbons (Fsp3) is 0.133. The van der Waals surface area contributed by atoms with Crippen LogP contribution in [0, 0.1) is 3.57 Å². The monoisotopic (exact) mass is 451 g/mol. The summed E-state index contributed by atoms with van der Waals surface area (Å²) in [4.78, 5) is 11.5. The number of carbonyl (C=O) groups excluding carboxylic acids is 1. The lowest BCUT2D eigenvalue weighted by Crippen LogP contribution is -2.03. The Morgan fingerprint density at radius 3 is 2.67 bits per heavy atom. The maximum absolute atomic E-state index is 11.5. The summed E-state index contributed by atoms with van der Waals surface area (Å²) < 4.78 is 1.02. The highest BCUT2D eigenvalue weighted by molar-refractivity contribution is 14.1. The predicted molar refractivity (Wildman–Crippen MR) is 95.7 cm³/mol. The predicted octanol–water partition coefficient (Wildman–Crippen LogP) is 5.42. The van der Waals surface area contributed by atoms with E-state index in [1.54, 1.807) is 6.07 Å². The molecule has 1 aliphatic rings. The molecule has 21 heavy (non-hydrogen) atoms. The topological polar surface area (TPSA) is 29.1 Å². The molecule has 2 aromatic carbocycles. The third-order valence-corrected chi connectivity index (χ3v) is 5.37. The van der Waals surface area contributed by atoms with Crippen LogP contribution in [0.1, 0.15) is 22.1 Å². The molecule has 3 rings (SSSR count). The first-order chi connectivity index (χ1) is 9.95. The van der Waals surface area contributed by atoms with Gasteiger partial charge in [0.25, 0.3) is 0 Å². The van der Waals surface area contributed by atoms with Crippen LogP contribution in [-0.2, 0) is 11.2 Å². The molecule has 1 heterocycles. The number of rotatable bonds is 2. The molecule has 1 atom stereocenters. The Morgan fingerprint density at radius 2 is 1.90 bits per heavy atom. The van der Waals surface area contributed by atoms with Gasteiger partial charge in [-0.1, -0.05) is 23.2 Å². The highest BCUT2D eigenvalue weighted by Gasteiger charge is 2.23. The Labute approximate surface area is 150 Å². The summed E-state index contributed by atoms with van der Waals surface area (Å²) in [6.07, 6.45) is 0.357. The maximum atomic E-state index is 11.5. The van der Waals surface area contributed by atoms with E-state index >= 15 is 0 Å². The summed E-state index contributed by atoms with van der Waals surface area (Å²) in [6.45, 7) is 0. The molecule has 0 fully saturated rings. The average Bonchev–Trinajstić information content (AvgIpc) is 2.79. The van der Waals surface area contributed by atoms with Gasteiger partial charge in [-0.2, -0.15) is 0 Å². The van der Waals surface area contributed by atoms with Crippen LogP contribution in [0.15, 0.2) is 30.3 Å². The first kappa shape index (κ1) is 15.4. The van der Waals surface area contributed by atoms with Crippen molar-refractivity contribution in [1.82, 2.24) is 0 Å². The SMILES string of the molecule is O=C1Cc2cc(C(Cl)c3cc(Cl)ccc3I)c(Cl)cc2N1. The van der Waals surface area contributed by atoms with Gasteiger partial charge < -0.3 is 5.32 Å². The van der Waals surface area contributed by atoms with Crippen LogP contribution in [0.5, 0.6) is 0 Å². The van der Waals surface area contributed by atoms with Crippen LogP contribution in [0.25, 0.3) is 0 Å². The second kappa shape index (κ2) is 5.95. The van der Waals surface area contributed by atoms with Crippen LogP contribution in [0.2, 0.25) is 10.0 Å². The fourth-order valence-electron chi connectivity index (χ4n) is 2.34. The van der Waals surface area contributed by atoms with E-state index in [1.165, 1.54) is 0 Å². The zero-order valence-corrected chi connectivity index (χ0v) is 15.0. The van der Waals surface area contributed by atoms with Crippen molar-refractivity contribution in [2.45, 2.75) is 11.8 Å². The Bertz CT molecular complexity index is 748. The number of hydrogen-bond acceptors (Lipinski definition) is 1. The van der Waals surface area contributed by atoms with Crippen LogP contribution < -0.4 is 5.32 Å². The van der Waals surface area contributed by atoms with Crippen LogP contribution >= 0.6 is 57.4 Å². The number of nitrogens with one attached hydrogen (secondary N) is 1. The van der Waals surface area contributed by atoms with E-state index < -0.39 is 5.38 Å². The molecule has 0 radical (unpaired) electrons. The van der Waals surface area contributed by atoms with Gasteiger partial charge >= 0.3 is 0 Å². The molecule has 0 spiro atoms. The highest BCUT2D eigenvalue weighted by atomic mass is 127. The van der Waals surface area contributed by atoms with Gasteiger partial charge in [0.1, 0.15) is 0 Å². The molecule has 0 saturated heterocycles. The second-order valence-corrected chi connectivity index (χ2v) is 7.23. The molecule has 1 N–H and O–H groups in total. The van der Waals surface area contributed by atoms with Crippen LogP contribution in [-0.4, -0.2) is 5.91 Å². The van der Waals surface area contributed by atoms with Crippen molar-refractivity contribution in [3.63, 3.8) is 0 Å². The third kappa shape index (κ3) is 3.02. The zero-order valence-electron chi connectivity index (χ0n) is 10.6. The van der Waals surface area contributed by atoms with Gasteiger partial charge in [-0.25, -0.2) is 0 Å². The van der Waals surface area contributed by atoms with Crippen molar-refractivity contribution < 1.29 is 4.79 Å². The molecule has 0 saturated carbocycles. The van der Waals surface area contributed by atoms with Gasteiger partial charge in [0.2, 0.25) is 5.91 Å². The molecule has 1 aliphatic heterocycles. The number of anilines is 1. The van der Waals surface area contributed by atoms with Gasteiger partial charge in [-0.05, 0) is 69.6 Å². The number of carbonyl (C=O) groups is 1. The molecular formula is C15H9Cl3INO. The fourth-order valence-corrected chi connectivity index (χ4v) is 4.04. The summed E-state index contributed by atoms with van der Waals surface area (Å²) in [6, 6.07) is 9.23. The van der Waals surface area contributed by atoms with Gasteiger partial charge in [-0.15, -0.1) is 11.6 Å². The molecule has 0 aromatic heterocycles. The van der Waals surface area contributed by atoms with Crippen molar-refractivity contribution in [1.29, 1.82) is 0 Å². The largest absolute Gasteiger partial charge is 0.325 e. The first-order valence-corrected chi connectivity index (χ1v) is 8.44. The molecule has 1 amide bonds. The van der Waals surface area contributed by atoms with Crippen molar-refractivity contribution >= 4 is 69.0 Å². The quantitative estimate of drug-likeness (QED) is 0.479. The molecule has 108 valence electrons. The molecule has 0 aliphatic carbocycles. The van der Waals surface area contributed by atoms with E-state index in [4.69, 9.17) is 34.8 Å². The molecule has 0 bridgehead atoms. The number of amides is 1. The first-order valence-electron chi connectivity index (χ1n) is 6.17. The third-order valence-electron chi connectivity index (χ3n) is 3.35. The van der Waals surface area contributed by atoms with Crippen LogP contribution in [0.4, 0.5) is 5.69 Å². The van der Waals surface area contributed by atoms with Gasteiger partial charge in [0.15, 0.2) is 0 Å². The van der Waals surface area contributed by atoms with E-state index in [0.29, 0.717) is 16.5 Å². The Morgan fingerprint density at radius 1 is 1.14 bits per heavy atom. The number of halogens is 4. The van der Waals surface area contributed by atoms with E-state index in [9.17, 15) is 4.79 Å². The number of fused-ring (bicyclic) bond motifs is 1. The molecule has 1 unspecified atom stereocenters. The lowest BCUT2D eigenvalue weighted by Gasteiger charge is -2.15. The zero-order chi connectivity index (χ0) is 15.1. The average molecular weight is 453 g/mol. The van der Waals surface area contributed by atoms with E-state index in [0.717, 1.165) is 25.9 Å². The second-order valence-electron chi connectivity index (χ2n) is 4.78. The van der Waals surface area contributed by atoms with Gasteiger partial charge in [0, 0.05) is 19.3 Å². The highest BCUT2D eigenvalue weighted by Crippen LogP contribution is 2.40. The summed E-state index contributed by atoms with van der Waals surface area (Å²) >= 11 is 21.2. The van der Waals surface area contributed by atoms with Crippen molar-refractivity contribution in [2.75, 3.05) is 5.32 Å². The smallest absolute Gasteiger partial charge is 0.228 e. The number of benzene rings is 2. The Kier molecular flexibility index (Phi) is 4.37. The summed E-state index contributed by atoms with van der Waals surface area (Å²) in [5, 5.41) is 3.53. The molecular weight excluding hydrogens is 443 g/mol. The van der Waals surface area contributed by atoms with Gasteiger partial charge in [0.05, 0.1) is 11.8 Å². The lowest BCUT2D eigenvalue weighted by molar-refractivity contribution is -0.115. The molecule has 6 heteroatoms. The number of hydrogen-bond donors (Lipinski definition) is 1. The normalized spacial score (nSPS) is 14.8. The number of alkyl halides is 1. The van der Waals surface area contributed by atoms with E-state index in [2.05, 4.69) is 27.9 Å². The minimum atomic E-state index is -0.413. The summed E-state index contributed by atoms with van der Waals surface area (Å²) in [5.41, 5.74) is 3.37. The minimum absolute atomic E-state index is 0.0262. The van der Waals surface area contributed by atoms with E-state index in [-0.39, 0.29) is 5.91 Å². The van der Waals surface area contributed by atoms with Crippen LogP contribution in [0.3, 0.4) is 0 Å². The minimum Gasteiger partial charge on any atom is -0.325 e. The van der Waals surface area contributed by atoms with Crippen molar-refractivity contribution in [3.8, 4) is 0 Å². The standard InChI is InChI=1S/C15H9Cl3INO/c16-8-1-2-12(19)10(5-8)15(18)9-3-7-4-14(21)20-13(7)6-11(9)17/h1-3,5-6,15H,4H2,(H,20,21). The van der Waals surface area contributed by atoms with Gasteiger partial charge in [-0.3, -0.25) is 4.79 Å². The van der Waals surface area contributed by atoms with E-state index in [1.807, 2.05) is 24.3 Å². The van der Waals surface area contributed by atoms with Crippen molar-refractivity contribution in [2.24, 2.45) is 0 Å². The maximum Gasteiger partial charge on any atom is 0.228 e. The molecule has 2 aromatic rings. The summed E-state index contributed by atoms with van der Waals surface area (Å²) in [5.74, 6) is -0.0262. The van der Waals surface area contributed by atoms with Crippen molar-refractivity contribution in [3.05, 3.63) is 60.6 Å². The Hall–Kier alpha value is -0.490. The summed E-state index contributed by atoms with van der Waals surface area (Å²) in [7, 11) is 0. The Balaban J connectivity index is 2.06. The molecule has 2 nitrogen and oxygen atoms in total. The lowest BCUT2D eigenvalue weighted by atomic mass is 10.0.